The van der Waals surface area contributed by atoms with Gasteiger partial charge in [-0.1, -0.05) is 6.07 Å². The summed E-state index contributed by atoms with van der Waals surface area (Å²) in [6.45, 7) is 6.81. The van der Waals surface area contributed by atoms with E-state index in [2.05, 4.69) is 16.0 Å². The molecule has 1 N–H and O–H groups in total. The van der Waals surface area contributed by atoms with E-state index in [1.807, 2.05) is 20.0 Å². The molecule has 0 spiro atoms. The number of nitrogens with zero attached hydrogens (tertiary/aromatic N) is 4. The number of pyridine rings is 1. The van der Waals surface area contributed by atoms with Crippen molar-refractivity contribution in [1.82, 2.24) is 9.88 Å². The average Bonchev–Trinajstić information content (AvgIpc) is 3.06. The number of piperazine rings is 1. The van der Waals surface area contributed by atoms with Crippen molar-refractivity contribution in [2.24, 2.45) is 0 Å². The van der Waals surface area contributed by atoms with Gasteiger partial charge in [0.05, 0.1) is 17.0 Å². The molecule has 0 radical (unpaired) electrons. The Kier molecular flexibility index (Phi) is 5.31. The third-order valence-electron chi connectivity index (χ3n) is 5.65. The molecule has 4 rings (SSSR count). The molecule has 2 aliphatic rings. The number of amides is 1. The molecule has 0 unspecified atom stereocenters. The number of aromatic nitrogens is 1. The van der Waals surface area contributed by atoms with Crippen LogP contribution in [0.5, 0.6) is 5.75 Å². The Hall–Kier alpha value is -2.81. The van der Waals surface area contributed by atoms with Gasteiger partial charge in [0.2, 0.25) is 10.0 Å². The zero-order chi connectivity index (χ0) is 21.5. The minimum atomic E-state index is -3.33. The lowest BCUT2D eigenvalue weighted by atomic mass is 10.1. The van der Waals surface area contributed by atoms with E-state index in [1.165, 1.54) is 16.4 Å². The summed E-state index contributed by atoms with van der Waals surface area (Å²) in [6.07, 6.45) is 2.41. The number of hydrogen-bond donors (Lipinski definition) is 1. The topological polar surface area (TPSA) is 94.1 Å². The number of benzene rings is 1. The van der Waals surface area contributed by atoms with Crippen LogP contribution in [0.1, 0.15) is 27.9 Å². The van der Waals surface area contributed by atoms with Gasteiger partial charge in [-0.25, -0.2) is 13.4 Å². The van der Waals surface area contributed by atoms with E-state index in [1.54, 1.807) is 11.0 Å². The Bertz CT molecular complexity index is 1080. The summed E-state index contributed by atoms with van der Waals surface area (Å²) in [5, 5.41) is 10.4. The summed E-state index contributed by atoms with van der Waals surface area (Å²) in [4.78, 5) is 21.3. The first-order valence-corrected chi connectivity index (χ1v) is 11.7. The van der Waals surface area contributed by atoms with Gasteiger partial charge in [-0.05, 0) is 43.5 Å². The molecule has 1 aromatic heterocycles. The largest absolute Gasteiger partial charge is 0.507 e. The lowest BCUT2D eigenvalue weighted by molar-refractivity contribution is 0.0743. The second kappa shape index (κ2) is 7.79. The zero-order valence-electron chi connectivity index (χ0n) is 17.2. The number of anilines is 2. The van der Waals surface area contributed by atoms with E-state index in [9.17, 15) is 18.3 Å². The van der Waals surface area contributed by atoms with Gasteiger partial charge in [-0.15, -0.1) is 0 Å². The Balaban J connectivity index is 1.45. The molecule has 2 aromatic rings. The molecule has 1 aromatic carbocycles. The van der Waals surface area contributed by atoms with Crippen LogP contribution in [0, 0.1) is 13.8 Å². The van der Waals surface area contributed by atoms with Gasteiger partial charge in [0.1, 0.15) is 11.6 Å². The van der Waals surface area contributed by atoms with Gasteiger partial charge < -0.3 is 14.9 Å². The van der Waals surface area contributed by atoms with Crippen LogP contribution in [0.3, 0.4) is 0 Å². The molecule has 30 heavy (non-hydrogen) atoms. The number of phenolic OH excluding ortho intramolecular Hbond substituents is 1. The lowest BCUT2D eigenvalue weighted by Crippen LogP contribution is -2.49. The molecular formula is C21H26N4O4S. The highest BCUT2D eigenvalue weighted by atomic mass is 32.2. The van der Waals surface area contributed by atoms with Crippen LogP contribution in [0.2, 0.25) is 0 Å². The molecule has 2 fully saturated rings. The van der Waals surface area contributed by atoms with Crippen LogP contribution < -0.4 is 9.21 Å². The summed E-state index contributed by atoms with van der Waals surface area (Å²) >= 11 is 0. The number of carbonyl (C=O) groups is 1. The van der Waals surface area contributed by atoms with Crippen LogP contribution in [-0.2, 0) is 10.0 Å². The van der Waals surface area contributed by atoms with E-state index in [0.29, 0.717) is 44.8 Å². The Labute approximate surface area is 176 Å². The summed E-state index contributed by atoms with van der Waals surface area (Å²) in [6, 6.07) is 6.57. The maximum Gasteiger partial charge on any atom is 0.257 e. The minimum Gasteiger partial charge on any atom is -0.507 e. The zero-order valence-corrected chi connectivity index (χ0v) is 18.0. The van der Waals surface area contributed by atoms with E-state index in [-0.39, 0.29) is 23.0 Å². The van der Waals surface area contributed by atoms with Gasteiger partial charge in [-0.2, -0.15) is 0 Å². The molecule has 0 aliphatic carbocycles. The Morgan fingerprint density at radius 3 is 2.40 bits per heavy atom. The third-order valence-corrected chi connectivity index (χ3v) is 7.52. The molecule has 0 bridgehead atoms. The number of hydrogen-bond acceptors (Lipinski definition) is 6. The molecule has 160 valence electrons. The van der Waals surface area contributed by atoms with Crippen molar-refractivity contribution in [3.05, 3.63) is 47.2 Å². The Morgan fingerprint density at radius 1 is 1.07 bits per heavy atom. The summed E-state index contributed by atoms with van der Waals surface area (Å²) in [5.41, 5.74) is 2.81. The molecule has 9 heteroatoms. The molecule has 2 saturated heterocycles. The highest BCUT2D eigenvalue weighted by molar-refractivity contribution is 7.93. The SMILES string of the molecule is Cc1cnc(N2CCN(C(=O)c3ccc(N4CCCS4(=O)=O)cc3O)CC2)c(C)c1. The number of aryl methyl sites for hydroxylation is 2. The lowest BCUT2D eigenvalue weighted by Gasteiger charge is -2.36. The van der Waals surface area contributed by atoms with Crippen LogP contribution in [0.4, 0.5) is 11.5 Å². The fourth-order valence-electron chi connectivity index (χ4n) is 4.12. The minimum absolute atomic E-state index is 0.105. The standard InChI is InChI=1S/C21H26N4O4S/c1-15-12-16(2)20(22-14-15)23-7-9-24(10-8-23)21(27)18-5-4-17(13-19(18)26)25-6-3-11-30(25,28)29/h4-5,12-14,26H,3,6-11H2,1-2H3. The quantitative estimate of drug-likeness (QED) is 0.799. The van der Waals surface area contributed by atoms with Crippen molar-refractivity contribution in [2.45, 2.75) is 20.3 Å². The van der Waals surface area contributed by atoms with Crippen LogP contribution >= 0.6 is 0 Å². The molecule has 0 atom stereocenters. The molecule has 2 aliphatic heterocycles. The smallest absolute Gasteiger partial charge is 0.257 e. The van der Waals surface area contributed by atoms with Gasteiger partial charge in [-0.3, -0.25) is 9.10 Å². The van der Waals surface area contributed by atoms with E-state index in [0.717, 1.165) is 16.9 Å². The number of phenols is 1. The number of aromatic hydroxyl groups is 1. The predicted octanol–water partition coefficient (Wildman–Crippen LogP) is 1.91. The monoisotopic (exact) mass is 430 g/mol. The fraction of sp³-hybridized carbons (Fsp3) is 0.429. The van der Waals surface area contributed by atoms with E-state index < -0.39 is 10.0 Å². The van der Waals surface area contributed by atoms with Crippen molar-refractivity contribution < 1.29 is 18.3 Å². The van der Waals surface area contributed by atoms with Crippen molar-refractivity contribution in [3.8, 4) is 5.75 Å². The average molecular weight is 431 g/mol. The van der Waals surface area contributed by atoms with Crippen molar-refractivity contribution in [1.29, 1.82) is 0 Å². The first-order valence-electron chi connectivity index (χ1n) is 10.1. The van der Waals surface area contributed by atoms with Crippen LogP contribution in [0.25, 0.3) is 0 Å². The van der Waals surface area contributed by atoms with Crippen molar-refractivity contribution in [3.63, 3.8) is 0 Å². The van der Waals surface area contributed by atoms with Gasteiger partial charge in [0, 0.05) is 45.0 Å². The Morgan fingerprint density at radius 2 is 1.80 bits per heavy atom. The van der Waals surface area contributed by atoms with Crippen molar-refractivity contribution >= 4 is 27.4 Å². The second-order valence-electron chi connectivity index (χ2n) is 7.88. The van der Waals surface area contributed by atoms with Crippen LogP contribution in [0.15, 0.2) is 30.5 Å². The number of rotatable bonds is 3. The molecule has 8 nitrogen and oxygen atoms in total. The molecule has 1 amide bonds. The maximum absolute atomic E-state index is 12.9. The number of carbonyl (C=O) groups excluding carboxylic acids is 1. The first-order chi connectivity index (χ1) is 14.3. The fourth-order valence-corrected chi connectivity index (χ4v) is 5.67. The first kappa shape index (κ1) is 20.5. The van der Waals surface area contributed by atoms with Crippen LogP contribution in [-0.4, -0.2) is 67.8 Å². The highest BCUT2D eigenvalue weighted by Crippen LogP contribution is 2.30. The third kappa shape index (κ3) is 3.81. The normalized spacial score (nSPS) is 18.7. The van der Waals surface area contributed by atoms with Gasteiger partial charge in [0.25, 0.3) is 5.91 Å². The summed E-state index contributed by atoms with van der Waals surface area (Å²) < 4.78 is 25.5. The maximum atomic E-state index is 12.9. The molecule has 0 saturated carbocycles. The van der Waals surface area contributed by atoms with Gasteiger partial charge in [0.15, 0.2) is 0 Å². The summed E-state index contributed by atoms with van der Waals surface area (Å²) in [5.74, 6) is 0.593. The highest BCUT2D eigenvalue weighted by Gasteiger charge is 2.30. The van der Waals surface area contributed by atoms with E-state index >= 15 is 0 Å². The number of sulfonamides is 1. The predicted molar refractivity (Wildman–Crippen MR) is 116 cm³/mol. The van der Waals surface area contributed by atoms with E-state index in [4.69, 9.17) is 0 Å². The van der Waals surface area contributed by atoms with Crippen molar-refractivity contribution in [2.75, 3.05) is 47.7 Å². The molecular weight excluding hydrogens is 404 g/mol. The van der Waals surface area contributed by atoms with Gasteiger partial charge >= 0.3 is 0 Å². The summed E-state index contributed by atoms with van der Waals surface area (Å²) in [7, 11) is -3.33. The second-order valence-corrected chi connectivity index (χ2v) is 9.89. The molecule has 3 heterocycles.